The van der Waals surface area contributed by atoms with E-state index >= 15 is 0 Å². The zero-order valence-corrected chi connectivity index (χ0v) is 14.8. The number of aromatic nitrogens is 1. The van der Waals surface area contributed by atoms with Gasteiger partial charge in [0.25, 0.3) is 0 Å². The molecule has 3 rings (SSSR count). The van der Waals surface area contributed by atoms with Crippen molar-refractivity contribution in [3.8, 4) is 6.07 Å². The van der Waals surface area contributed by atoms with Crippen molar-refractivity contribution in [2.24, 2.45) is 0 Å². The number of pyridine rings is 1. The molecule has 0 aliphatic carbocycles. The summed E-state index contributed by atoms with van der Waals surface area (Å²) in [6, 6.07) is 5.15. The number of fused-ring (bicyclic) bond motifs is 1. The summed E-state index contributed by atoms with van der Waals surface area (Å²) in [7, 11) is 0. The van der Waals surface area contributed by atoms with Gasteiger partial charge in [0, 0.05) is 24.7 Å². The van der Waals surface area contributed by atoms with Crippen LogP contribution in [0.4, 0.5) is 10.1 Å². The van der Waals surface area contributed by atoms with Crippen LogP contribution in [0, 0.1) is 24.1 Å². The van der Waals surface area contributed by atoms with Gasteiger partial charge in [0.05, 0.1) is 28.0 Å². The van der Waals surface area contributed by atoms with Gasteiger partial charge < -0.3 is 9.64 Å². The molecule has 2 heterocycles. The third kappa shape index (κ3) is 2.94. The largest absolute Gasteiger partial charge is 0.366 e. The smallest absolute Gasteiger partial charge is 0.124 e. The van der Waals surface area contributed by atoms with Gasteiger partial charge in [0.1, 0.15) is 11.9 Å². The maximum absolute atomic E-state index is 14.0. The lowest BCUT2D eigenvalue weighted by Gasteiger charge is -2.48. The second kappa shape index (κ2) is 5.42. The minimum absolute atomic E-state index is 0.315. The number of ether oxygens (including phenoxy) is 1. The second-order valence-electron chi connectivity index (χ2n) is 7.73. The number of aryl methyl sites for hydroxylation is 1. The van der Waals surface area contributed by atoms with E-state index in [2.05, 4.69) is 16.0 Å². The van der Waals surface area contributed by atoms with E-state index in [9.17, 15) is 9.65 Å². The van der Waals surface area contributed by atoms with Gasteiger partial charge in [-0.25, -0.2) is 4.39 Å². The molecule has 2 aromatic rings. The Hall–Kier alpha value is -2.19. The van der Waals surface area contributed by atoms with Gasteiger partial charge in [-0.3, -0.25) is 4.98 Å². The summed E-state index contributed by atoms with van der Waals surface area (Å²) in [5.74, 6) is -0.315. The molecule has 5 heteroatoms. The number of rotatable bonds is 1. The molecule has 1 aromatic carbocycles. The Kier molecular flexibility index (Phi) is 3.76. The maximum atomic E-state index is 14.0. The predicted molar refractivity (Wildman–Crippen MR) is 92.6 cm³/mol. The highest BCUT2D eigenvalue weighted by Crippen LogP contribution is 2.37. The predicted octanol–water partition coefficient (Wildman–Crippen LogP) is 3.95. The molecular formula is C19H22FN3O. The Labute approximate surface area is 141 Å². The van der Waals surface area contributed by atoms with Crippen molar-refractivity contribution in [2.45, 2.75) is 45.8 Å². The number of hydrogen-bond acceptors (Lipinski definition) is 4. The Bertz CT molecular complexity index is 836. The summed E-state index contributed by atoms with van der Waals surface area (Å²) in [5, 5.41) is 10.2. The van der Waals surface area contributed by atoms with Gasteiger partial charge in [-0.1, -0.05) is 0 Å². The van der Waals surface area contributed by atoms with E-state index in [1.807, 2.05) is 34.6 Å². The molecule has 0 radical (unpaired) electrons. The molecule has 0 atom stereocenters. The number of anilines is 1. The van der Waals surface area contributed by atoms with E-state index in [4.69, 9.17) is 4.74 Å². The topological polar surface area (TPSA) is 49.1 Å². The highest BCUT2D eigenvalue weighted by atomic mass is 19.1. The van der Waals surface area contributed by atoms with Crippen LogP contribution in [-0.2, 0) is 4.74 Å². The molecule has 0 saturated carbocycles. The summed E-state index contributed by atoms with van der Waals surface area (Å²) < 4.78 is 20.2. The van der Waals surface area contributed by atoms with Crippen LogP contribution in [0.15, 0.2) is 18.3 Å². The van der Waals surface area contributed by atoms with Crippen molar-refractivity contribution >= 4 is 16.6 Å². The molecule has 1 aliphatic heterocycles. The van der Waals surface area contributed by atoms with Crippen LogP contribution in [-0.4, -0.2) is 29.3 Å². The van der Waals surface area contributed by atoms with Crippen LogP contribution in [0.3, 0.4) is 0 Å². The van der Waals surface area contributed by atoms with Crippen molar-refractivity contribution in [3.05, 3.63) is 35.3 Å². The van der Waals surface area contributed by atoms with Crippen LogP contribution in [0.25, 0.3) is 10.9 Å². The highest BCUT2D eigenvalue weighted by molar-refractivity contribution is 5.96. The first-order valence-electron chi connectivity index (χ1n) is 8.06. The quantitative estimate of drug-likeness (QED) is 0.796. The molecule has 126 valence electrons. The van der Waals surface area contributed by atoms with Crippen LogP contribution in [0.5, 0.6) is 0 Å². The summed E-state index contributed by atoms with van der Waals surface area (Å²) in [5.41, 5.74) is 1.96. The third-order valence-electron chi connectivity index (χ3n) is 4.23. The van der Waals surface area contributed by atoms with Crippen molar-refractivity contribution in [1.29, 1.82) is 5.26 Å². The van der Waals surface area contributed by atoms with Gasteiger partial charge in [-0.15, -0.1) is 0 Å². The average molecular weight is 327 g/mol. The van der Waals surface area contributed by atoms with Crippen LogP contribution < -0.4 is 4.90 Å². The lowest BCUT2D eigenvalue weighted by atomic mass is 9.96. The third-order valence-corrected chi connectivity index (χ3v) is 4.23. The standard InChI is InChI=1S/C19H22FN3O/c1-12-6-14(20)7-15-16(12)22-9-13(8-21)17(15)23-10-18(2,3)24-19(4,5)11-23/h6-7,9H,10-11H2,1-5H3. The van der Waals surface area contributed by atoms with E-state index < -0.39 is 0 Å². The van der Waals surface area contributed by atoms with Crippen molar-refractivity contribution < 1.29 is 9.13 Å². The Morgan fingerprint density at radius 1 is 1.21 bits per heavy atom. The van der Waals surface area contributed by atoms with Crippen molar-refractivity contribution in [3.63, 3.8) is 0 Å². The minimum atomic E-state index is -0.369. The van der Waals surface area contributed by atoms with E-state index in [0.717, 1.165) is 16.8 Å². The second-order valence-corrected chi connectivity index (χ2v) is 7.73. The van der Waals surface area contributed by atoms with Crippen LogP contribution in [0.1, 0.15) is 38.8 Å². The Morgan fingerprint density at radius 3 is 2.42 bits per heavy atom. The monoisotopic (exact) mass is 327 g/mol. The molecule has 0 unspecified atom stereocenters. The van der Waals surface area contributed by atoms with Gasteiger partial charge in [-0.05, 0) is 52.3 Å². The number of nitriles is 1. The number of benzene rings is 1. The molecule has 0 N–H and O–H groups in total. The van der Waals surface area contributed by atoms with Crippen LogP contribution in [0.2, 0.25) is 0 Å². The molecule has 24 heavy (non-hydrogen) atoms. The fraction of sp³-hybridized carbons (Fsp3) is 0.474. The molecular weight excluding hydrogens is 305 g/mol. The minimum Gasteiger partial charge on any atom is -0.366 e. The Morgan fingerprint density at radius 2 is 1.83 bits per heavy atom. The SMILES string of the molecule is Cc1cc(F)cc2c(N3CC(C)(C)OC(C)(C)C3)c(C#N)cnc12. The molecule has 0 amide bonds. The summed E-state index contributed by atoms with van der Waals surface area (Å²) >= 11 is 0. The first kappa shape index (κ1) is 16.7. The number of hydrogen-bond donors (Lipinski definition) is 0. The number of nitrogens with zero attached hydrogens (tertiary/aromatic N) is 3. The zero-order valence-electron chi connectivity index (χ0n) is 14.8. The highest BCUT2D eigenvalue weighted by Gasteiger charge is 2.39. The molecule has 1 aliphatic rings. The molecule has 1 saturated heterocycles. The van der Waals surface area contributed by atoms with Crippen molar-refractivity contribution in [1.82, 2.24) is 4.98 Å². The van der Waals surface area contributed by atoms with Gasteiger partial charge in [0.15, 0.2) is 0 Å². The maximum Gasteiger partial charge on any atom is 0.124 e. The normalized spacial score (nSPS) is 19.3. The molecule has 1 aromatic heterocycles. The molecule has 4 nitrogen and oxygen atoms in total. The molecule has 0 spiro atoms. The first-order valence-corrected chi connectivity index (χ1v) is 8.06. The van der Waals surface area contributed by atoms with Gasteiger partial charge in [-0.2, -0.15) is 5.26 Å². The van der Waals surface area contributed by atoms with E-state index in [-0.39, 0.29) is 17.0 Å². The first-order chi connectivity index (χ1) is 11.1. The van der Waals surface area contributed by atoms with Crippen molar-refractivity contribution in [2.75, 3.05) is 18.0 Å². The van der Waals surface area contributed by atoms with Gasteiger partial charge >= 0.3 is 0 Å². The molecule has 1 fully saturated rings. The van der Waals surface area contributed by atoms with E-state index in [1.54, 1.807) is 6.20 Å². The number of morpholine rings is 1. The average Bonchev–Trinajstić information content (AvgIpc) is 2.42. The lowest BCUT2D eigenvalue weighted by Crippen LogP contribution is -2.57. The lowest BCUT2D eigenvalue weighted by molar-refractivity contribution is -0.133. The summed E-state index contributed by atoms with van der Waals surface area (Å²) in [6.45, 7) is 11.2. The van der Waals surface area contributed by atoms with Gasteiger partial charge in [0.2, 0.25) is 0 Å². The van der Waals surface area contributed by atoms with E-state index in [1.165, 1.54) is 12.1 Å². The fourth-order valence-corrected chi connectivity index (χ4v) is 3.79. The fourth-order valence-electron chi connectivity index (χ4n) is 3.79. The Balaban J connectivity index is 2.26. The zero-order chi connectivity index (χ0) is 17.7. The number of halogens is 1. The van der Waals surface area contributed by atoms with E-state index in [0.29, 0.717) is 24.0 Å². The molecule has 0 bridgehead atoms. The summed E-state index contributed by atoms with van der Waals surface area (Å²) in [4.78, 5) is 6.50. The van der Waals surface area contributed by atoms with Crippen LogP contribution >= 0.6 is 0 Å². The summed E-state index contributed by atoms with van der Waals surface area (Å²) in [6.07, 6.45) is 1.58.